The first-order valence-corrected chi connectivity index (χ1v) is 2.76. The van der Waals surface area contributed by atoms with E-state index in [4.69, 9.17) is 0 Å². The molecule has 0 atom stereocenters. The SMILES string of the molecule is [K+].[c-]1ncc2ccccn12. The molecule has 0 unspecified atom stereocenters. The van der Waals surface area contributed by atoms with Crippen LogP contribution in [-0.2, 0) is 0 Å². The van der Waals surface area contributed by atoms with Gasteiger partial charge in [0.25, 0.3) is 0 Å². The minimum Gasteiger partial charge on any atom is -0.433 e. The fourth-order valence-electron chi connectivity index (χ4n) is 0.810. The molecule has 2 rings (SSSR count). The second-order valence-electron chi connectivity index (χ2n) is 1.85. The molecule has 44 valence electrons. The maximum atomic E-state index is 3.84. The van der Waals surface area contributed by atoms with Crippen LogP contribution in [0.25, 0.3) is 5.52 Å². The number of rotatable bonds is 0. The Morgan fingerprint density at radius 3 is 3.10 bits per heavy atom. The molecule has 0 aliphatic heterocycles. The summed E-state index contributed by atoms with van der Waals surface area (Å²) in [5.74, 6) is 0. The molecule has 0 fully saturated rings. The fourth-order valence-corrected chi connectivity index (χ4v) is 0.810. The zero-order valence-electron chi connectivity index (χ0n) is 5.78. The molecular formula is C7H5KN2. The average molecular weight is 156 g/mol. The van der Waals surface area contributed by atoms with E-state index < -0.39 is 0 Å². The van der Waals surface area contributed by atoms with Gasteiger partial charge in [-0.1, -0.05) is 36.1 Å². The van der Waals surface area contributed by atoms with Crippen LogP contribution in [-0.4, -0.2) is 9.38 Å². The third-order valence-corrected chi connectivity index (χ3v) is 1.25. The van der Waals surface area contributed by atoms with Gasteiger partial charge in [-0.15, -0.1) is 0 Å². The molecule has 0 aliphatic rings. The molecule has 0 saturated heterocycles. The van der Waals surface area contributed by atoms with Gasteiger partial charge in [-0.2, -0.15) is 0 Å². The topological polar surface area (TPSA) is 17.3 Å². The van der Waals surface area contributed by atoms with Crippen LogP contribution in [0.4, 0.5) is 0 Å². The largest absolute Gasteiger partial charge is 1.00 e. The monoisotopic (exact) mass is 156 g/mol. The van der Waals surface area contributed by atoms with E-state index in [2.05, 4.69) is 11.3 Å². The van der Waals surface area contributed by atoms with Gasteiger partial charge in [0.15, 0.2) is 0 Å². The van der Waals surface area contributed by atoms with Crippen molar-refractivity contribution in [2.24, 2.45) is 0 Å². The summed E-state index contributed by atoms with van der Waals surface area (Å²) < 4.78 is 1.85. The van der Waals surface area contributed by atoms with Gasteiger partial charge in [0.05, 0.1) is 0 Å². The Morgan fingerprint density at radius 1 is 1.40 bits per heavy atom. The first-order chi connectivity index (χ1) is 4.47. The van der Waals surface area contributed by atoms with Crippen molar-refractivity contribution in [2.75, 3.05) is 0 Å². The van der Waals surface area contributed by atoms with Gasteiger partial charge in [-0.05, 0) is 0 Å². The summed E-state index contributed by atoms with van der Waals surface area (Å²) in [5, 5.41) is 0. The molecule has 0 saturated carbocycles. The Hall–Kier alpha value is 0.326. The zero-order chi connectivity index (χ0) is 6.10. The van der Waals surface area contributed by atoms with E-state index in [0.29, 0.717) is 0 Å². The summed E-state index contributed by atoms with van der Waals surface area (Å²) in [4.78, 5) is 3.84. The number of pyridine rings is 1. The van der Waals surface area contributed by atoms with Crippen LogP contribution in [0.5, 0.6) is 0 Å². The first-order valence-electron chi connectivity index (χ1n) is 2.76. The van der Waals surface area contributed by atoms with Crippen LogP contribution < -0.4 is 51.4 Å². The smallest absolute Gasteiger partial charge is 0.433 e. The van der Waals surface area contributed by atoms with Gasteiger partial charge < -0.3 is 9.38 Å². The Balaban J connectivity index is 0.000000500. The fraction of sp³-hybridized carbons (Fsp3) is 0. The second-order valence-corrected chi connectivity index (χ2v) is 1.85. The van der Waals surface area contributed by atoms with Gasteiger partial charge in [-0.25, -0.2) is 0 Å². The zero-order valence-corrected chi connectivity index (χ0v) is 8.90. The number of imidazole rings is 1. The molecule has 2 nitrogen and oxygen atoms in total. The molecule has 2 aromatic rings. The minimum atomic E-state index is 0. The molecule has 0 spiro atoms. The molecule has 3 heteroatoms. The molecule has 0 N–H and O–H groups in total. The van der Waals surface area contributed by atoms with Crippen LogP contribution >= 0.6 is 0 Å². The minimum absolute atomic E-state index is 0. The van der Waals surface area contributed by atoms with Gasteiger partial charge in [0.1, 0.15) is 0 Å². The van der Waals surface area contributed by atoms with Crippen molar-refractivity contribution < 1.29 is 51.4 Å². The Labute approximate surface area is 102 Å². The van der Waals surface area contributed by atoms with Crippen LogP contribution in [0.1, 0.15) is 0 Å². The Kier molecular flexibility index (Phi) is 3.07. The Morgan fingerprint density at radius 2 is 2.30 bits per heavy atom. The van der Waals surface area contributed by atoms with E-state index in [0.717, 1.165) is 5.52 Å². The van der Waals surface area contributed by atoms with Crippen molar-refractivity contribution in [1.29, 1.82) is 0 Å². The predicted molar refractivity (Wildman–Crippen MR) is 34.0 cm³/mol. The van der Waals surface area contributed by atoms with Crippen molar-refractivity contribution in [3.63, 3.8) is 0 Å². The maximum Gasteiger partial charge on any atom is 1.00 e. The van der Waals surface area contributed by atoms with Crippen LogP contribution in [0.15, 0.2) is 30.6 Å². The normalized spacial score (nSPS) is 9.20. The molecule has 0 bridgehead atoms. The van der Waals surface area contributed by atoms with E-state index in [1.54, 1.807) is 6.20 Å². The number of nitrogens with zero attached hydrogens (tertiary/aromatic N) is 2. The van der Waals surface area contributed by atoms with Gasteiger partial charge in [-0.3, -0.25) is 0 Å². The van der Waals surface area contributed by atoms with Crippen molar-refractivity contribution in [3.8, 4) is 0 Å². The number of hydrogen-bond donors (Lipinski definition) is 0. The third-order valence-electron chi connectivity index (χ3n) is 1.25. The molecule has 0 aliphatic carbocycles. The average Bonchev–Trinajstić information content (AvgIpc) is 2.33. The van der Waals surface area contributed by atoms with E-state index in [1.165, 1.54) is 0 Å². The number of fused-ring (bicyclic) bond motifs is 1. The quantitative estimate of drug-likeness (QED) is 0.323. The second kappa shape index (κ2) is 3.64. The summed E-state index contributed by atoms with van der Waals surface area (Å²) in [5.41, 5.74) is 1.08. The molecule has 0 aromatic carbocycles. The molecule has 2 aromatic heterocycles. The number of hydrogen-bond acceptors (Lipinski definition) is 1. The summed E-state index contributed by atoms with van der Waals surface area (Å²) in [6, 6.07) is 5.92. The van der Waals surface area contributed by atoms with E-state index in [1.807, 2.05) is 28.8 Å². The third kappa shape index (κ3) is 1.49. The maximum absolute atomic E-state index is 3.84. The van der Waals surface area contributed by atoms with Crippen LogP contribution in [0, 0.1) is 6.33 Å². The summed E-state index contributed by atoms with van der Waals surface area (Å²) in [6.07, 6.45) is 6.48. The van der Waals surface area contributed by atoms with Gasteiger partial charge in [0, 0.05) is 6.33 Å². The molecule has 0 radical (unpaired) electrons. The van der Waals surface area contributed by atoms with Crippen molar-refractivity contribution in [1.82, 2.24) is 9.38 Å². The summed E-state index contributed by atoms with van der Waals surface area (Å²) in [6.45, 7) is 0. The predicted octanol–water partition coefficient (Wildman–Crippen LogP) is -1.86. The van der Waals surface area contributed by atoms with Crippen molar-refractivity contribution in [2.45, 2.75) is 0 Å². The molecular weight excluding hydrogens is 151 g/mol. The summed E-state index contributed by atoms with van der Waals surface area (Å²) >= 11 is 0. The Bertz CT molecular complexity index is 286. The van der Waals surface area contributed by atoms with Crippen LogP contribution in [0.3, 0.4) is 0 Å². The van der Waals surface area contributed by atoms with E-state index >= 15 is 0 Å². The number of aromatic nitrogens is 2. The van der Waals surface area contributed by atoms with Gasteiger partial charge in [0.2, 0.25) is 0 Å². The van der Waals surface area contributed by atoms with Crippen LogP contribution in [0.2, 0.25) is 0 Å². The van der Waals surface area contributed by atoms with Gasteiger partial charge >= 0.3 is 51.4 Å². The summed E-state index contributed by atoms with van der Waals surface area (Å²) in [7, 11) is 0. The molecule has 2 heterocycles. The van der Waals surface area contributed by atoms with E-state index in [9.17, 15) is 0 Å². The van der Waals surface area contributed by atoms with Crippen molar-refractivity contribution in [3.05, 3.63) is 36.9 Å². The molecule has 0 amide bonds. The standard InChI is InChI=1S/C7H5N2.K/c1-2-4-9-6-8-5-7(9)3-1;/h1-5H;/q-1;+1. The first kappa shape index (κ1) is 8.42. The van der Waals surface area contributed by atoms with Crippen molar-refractivity contribution >= 4 is 5.52 Å². The molecule has 10 heavy (non-hydrogen) atoms. The van der Waals surface area contributed by atoms with E-state index in [-0.39, 0.29) is 51.4 Å².